The quantitative estimate of drug-likeness (QED) is 0.413. The highest BCUT2D eigenvalue weighted by molar-refractivity contribution is 7.98. The maximum Gasteiger partial charge on any atom is 0.262 e. The topological polar surface area (TPSA) is 52.7 Å². The molecule has 1 atom stereocenters. The zero-order valence-electron chi connectivity index (χ0n) is 16.6. The Morgan fingerprint density at radius 1 is 1.15 bits per heavy atom. The number of nitrogens with zero attached hydrogens (tertiary/aromatic N) is 4. The van der Waals surface area contributed by atoms with Crippen molar-refractivity contribution in [1.29, 1.82) is 0 Å². The smallest absolute Gasteiger partial charge is 0.262 e. The molecule has 5 nitrogen and oxygen atoms in total. The predicted molar refractivity (Wildman–Crippen MR) is 112 cm³/mol. The van der Waals surface area contributed by atoms with E-state index in [1.807, 2.05) is 48.3 Å². The molecule has 1 unspecified atom stereocenters. The van der Waals surface area contributed by atoms with Crippen LogP contribution in [0.1, 0.15) is 51.6 Å². The third-order valence-corrected chi connectivity index (χ3v) is 5.77. The zero-order chi connectivity index (χ0) is 19.4. The maximum atomic E-state index is 13.2. The second kappa shape index (κ2) is 8.74. The average Bonchev–Trinajstić information content (AvgIpc) is 3.05. The van der Waals surface area contributed by atoms with Crippen molar-refractivity contribution in [3.05, 3.63) is 52.6 Å². The first-order valence-corrected chi connectivity index (χ1v) is 10.6. The Balaban J connectivity index is 1.92. The van der Waals surface area contributed by atoms with Gasteiger partial charge in [0.2, 0.25) is 0 Å². The van der Waals surface area contributed by atoms with E-state index in [0.717, 1.165) is 34.8 Å². The largest absolute Gasteiger partial charge is 0.284 e. The van der Waals surface area contributed by atoms with E-state index in [9.17, 15) is 4.79 Å². The summed E-state index contributed by atoms with van der Waals surface area (Å²) in [5.41, 5.74) is 1.96. The molecule has 2 heterocycles. The van der Waals surface area contributed by atoms with Crippen molar-refractivity contribution in [2.45, 2.75) is 57.0 Å². The van der Waals surface area contributed by atoms with Gasteiger partial charge in [0.05, 0.1) is 17.1 Å². The molecular weight excluding hydrogens is 356 g/mol. The summed E-state index contributed by atoms with van der Waals surface area (Å²) in [5, 5.41) is 5.71. The van der Waals surface area contributed by atoms with Gasteiger partial charge in [-0.1, -0.05) is 50.6 Å². The predicted octanol–water partition coefficient (Wildman–Crippen LogP) is 4.81. The van der Waals surface area contributed by atoms with Crippen molar-refractivity contribution < 1.29 is 0 Å². The van der Waals surface area contributed by atoms with E-state index >= 15 is 0 Å². The van der Waals surface area contributed by atoms with Gasteiger partial charge in [0.1, 0.15) is 0 Å². The first kappa shape index (κ1) is 19.7. The number of thioether (sulfide) groups is 1. The van der Waals surface area contributed by atoms with E-state index < -0.39 is 0 Å². The van der Waals surface area contributed by atoms with Gasteiger partial charge in [-0.3, -0.25) is 14.0 Å². The van der Waals surface area contributed by atoms with Crippen LogP contribution in [0, 0.1) is 5.92 Å². The molecule has 0 amide bonds. The van der Waals surface area contributed by atoms with E-state index in [2.05, 4.69) is 25.9 Å². The molecule has 0 aliphatic carbocycles. The Kier molecular flexibility index (Phi) is 6.37. The number of aromatic nitrogens is 4. The monoisotopic (exact) mass is 384 g/mol. The van der Waals surface area contributed by atoms with Crippen LogP contribution in [0.3, 0.4) is 0 Å². The number of fused-ring (bicyclic) bond motifs is 1. The molecule has 0 radical (unpaired) electrons. The third-order valence-electron chi connectivity index (χ3n) is 4.75. The van der Waals surface area contributed by atoms with Gasteiger partial charge in [0.15, 0.2) is 5.16 Å². The summed E-state index contributed by atoms with van der Waals surface area (Å²) in [6, 6.07) is 7.75. The molecule has 0 spiro atoms. The molecule has 3 rings (SSSR count). The standard InChI is InChI=1S/C21H28N4OS/c1-15(2)8-7-9-16(3)25-20(26)18-10-5-6-11-19(18)23-21(25)27-14-17-12-22-24(4)13-17/h5-6,10-13,15-16H,7-9,14H2,1-4H3. The SMILES string of the molecule is CC(C)CCCC(C)n1c(SCc2cnn(C)c2)nc2ccccc2c1=O. The molecule has 144 valence electrons. The van der Waals surface area contributed by atoms with Gasteiger partial charge in [-0.2, -0.15) is 5.10 Å². The van der Waals surface area contributed by atoms with Gasteiger partial charge in [0.25, 0.3) is 5.56 Å². The molecule has 0 aliphatic heterocycles. The molecule has 3 aromatic rings. The van der Waals surface area contributed by atoms with Crippen molar-refractivity contribution in [1.82, 2.24) is 19.3 Å². The Morgan fingerprint density at radius 2 is 1.93 bits per heavy atom. The third kappa shape index (κ3) is 4.80. The molecule has 0 fully saturated rings. The fourth-order valence-electron chi connectivity index (χ4n) is 3.26. The van der Waals surface area contributed by atoms with Crippen molar-refractivity contribution in [3.8, 4) is 0 Å². The zero-order valence-corrected chi connectivity index (χ0v) is 17.4. The van der Waals surface area contributed by atoms with Crippen molar-refractivity contribution in [2.75, 3.05) is 0 Å². The highest BCUT2D eigenvalue weighted by Crippen LogP contribution is 2.26. The summed E-state index contributed by atoms with van der Waals surface area (Å²) in [6.07, 6.45) is 7.15. The van der Waals surface area contributed by atoms with E-state index in [0.29, 0.717) is 11.3 Å². The Labute approximate surface area is 164 Å². The summed E-state index contributed by atoms with van der Waals surface area (Å²) in [7, 11) is 1.91. The lowest BCUT2D eigenvalue weighted by Crippen LogP contribution is -2.26. The fourth-order valence-corrected chi connectivity index (χ4v) is 4.27. The van der Waals surface area contributed by atoms with Crippen LogP contribution in [0.15, 0.2) is 46.6 Å². The highest BCUT2D eigenvalue weighted by atomic mass is 32.2. The molecular formula is C21H28N4OS. The summed E-state index contributed by atoms with van der Waals surface area (Å²) in [5.74, 6) is 1.43. The molecule has 0 aliphatic rings. The molecule has 0 saturated carbocycles. The molecule has 0 saturated heterocycles. The number of rotatable bonds is 8. The van der Waals surface area contributed by atoms with E-state index in [1.54, 1.807) is 16.4 Å². The lowest BCUT2D eigenvalue weighted by atomic mass is 10.0. The fraction of sp³-hybridized carbons (Fsp3) is 0.476. The van der Waals surface area contributed by atoms with Gasteiger partial charge < -0.3 is 0 Å². The number of hydrogen-bond donors (Lipinski definition) is 0. The number of para-hydroxylation sites is 1. The summed E-state index contributed by atoms with van der Waals surface area (Å²) < 4.78 is 3.69. The van der Waals surface area contributed by atoms with Gasteiger partial charge >= 0.3 is 0 Å². The van der Waals surface area contributed by atoms with Crippen LogP contribution in [0.2, 0.25) is 0 Å². The Morgan fingerprint density at radius 3 is 2.63 bits per heavy atom. The molecule has 6 heteroatoms. The van der Waals surface area contributed by atoms with Crippen LogP contribution in [0.25, 0.3) is 10.9 Å². The van der Waals surface area contributed by atoms with Crippen molar-refractivity contribution >= 4 is 22.7 Å². The van der Waals surface area contributed by atoms with Crippen LogP contribution in [-0.2, 0) is 12.8 Å². The number of aryl methyl sites for hydroxylation is 1. The summed E-state index contributed by atoms with van der Waals surface area (Å²) in [4.78, 5) is 18.0. The summed E-state index contributed by atoms with van der Waals surface area (Å²) in [6.45, 7) is 6.61. The van der Waals surface area contributed by atoms with E-state index in [4.69, 9.17) is 4.98 Å². The van der Waals surface area contributed by atoms with Crippen LogP contribution >= 0.6 is 11.8 Å². The van der Waals surface area contributed by atoms with Gasteiger partial charge in [-0.25, -0.2) is 4.98 Å². The van der Waals surface area contributed by atoms with Crippen molar-refractivity contribution in [3.63, 3.8) is 0 Å². The first-order chi connectivity index (χ1) is 13.0. The molecule has 1 aromatic carbocycles. The van der Waals surface area contributed by atoms with E-state index in [1.165, 1.54) is 6.42 Å². The second-order valence-electron chi connectivity index (χ2n) is 7.57. The number of benzene rings is 1. The lowest BCUT2D eigenvalue weighted by Gasteiger charge is -2.20. The lowest BCUT2D eigenvalue weighted by molar-refractivity contribution is 0.414. The second-order valence-corrected chi connectivity index (χ2v) is 8.51. The number of hydrogen-bond acceptors (Lipinski definition) is 4. The molecule has 0 bridgehead atoms. The van der Waals surface area contributed by atoms with Gasteiger partial charge in [-0.05, 0) is 31.4 Å². The normalized spacial score (nSPS) is 12.8. The van der Waals surface area contributed by atoms with Crippen LogP contribution < -0.4 is 5.56 Å². The van der Waals surface area contributed by atoms with Crippen molar-refractivity contribution in [2.24, 2.45) is 13.0 Å². The molecule has 2 aromatic heterocycles. The Bertz CT molecular complexity index is 960. The molecule has 27 heavy (non-hydrogen) atoms. The van der Waals surface area contributed by atoms with Crippen LogP contribution in [0.5, 0.6) is 0 Å². The van der Waals surface area contributed by atoms with E-state index in [-0.39, 0.29) is 11.6 Å². The first-order valence-electron chi connectivity index (χ1n) is 9.57. The van der Waals surface area contributed by atoms with Gasteiger partial charge in [0, 0.05) is 30.6 Å². The minimum atomic E-state index is 0.0614. The van der Waals surface area contributed by atoms with Crippen LogP contribution in [-0.4, -0.2) is 19.3 Å². The van der Waals surface area contributed by atoms with Crippen LogP contribution in [0.4, 0.5) is 0 Å². The minimum Gasteiger partial charge on any atom is -0.284 e. The maximum absolute atomic E-state index is 13.2. The average molecular weight is 385 g/mol. The molecule has 0 N–H and O–H groups in total. The summed E-state index contributed by atoms with van der Waals surface area (Å²) >= 11 is 1.61. The van der Waals surface area contributed by atoms with Gasteiger partial charge in [-0.15, -0.1) is 0 Å². The minimum absolute atomic E-state index is 0.0614. The Hall–Kier alpha value is -2.08. The highest BCUT2D eigenvalue weighted by Gasteiger charge is 2.17.